The lowest BCUT2D eigenvalue weighted by Crippen LogP contribution is -2.15. The van der Waals surface area contributed by atoms with Gasteiger partial charge in [0, 0.05) is 0 Å². The Bertz CT molecular complexity index is 811. The molecule has 1 aliphatic heterocycles. The normalized spacial score (nSPS) is 12.7. The first-order valence-corrected chi connectivity index (χ1v) is 7.50. The third-order valence-electron chi connectivity index (χ3n) is 2.83. The van der Waals surface area contributed by atoms with Crippen molar-refractivity contribution in [1.29, 1.82) is 0 Å². The van der Waals surface area contributed by atoms with Gasteiger partial charge in [-0.1, -0.05) is 29.3 Å². The number of ether oxygens (including phenoxy) is 2. The lowest BCUT2D eigenvalue weighted by Gasteiger charge is -2.20. The van der Waals surface area contributed by atoms with Crippen molar-refractivity contribution in [3.05, 3.63) is 56.1 Å². The van der Waals surface area contributed by atoms with Crippen molar-refractivity contribution in [3.63, 3.8) is 0 Å². The number of halogens is 2. The second kappa shape index (κ2) is 5.64. The molecule has 22 heavy (non-hydrogen) atoms. The van der Waals surface area contributed by atoms with Gasteiger partial charge in [-0.2, -0.15) is 0 Å². The lowest BCUT2D eigenvalue weighted by atomic mass is 10.1. The molecule has 0 amide bonds. The smallest absolute Gasteiger partial charge is 0.375 e. The topological polar surface area (TPSA) is 72.8 Å². The minimum absolute atomic E-state index is 0.0220. The van der Waals surface area contributed by atoms with Gasteiger partial charge < -0.3 is 14.6 Å². The molecule has 0 fully saturated rings. The number of hydrogen-bond acceptors (Lipinski definition) is 5. The van der Waals surface area contributed by atoms with E-state index in [0.717, 1.165) is 6.26 Å². The molecule has 0 aliphatic carbocycles. The van der Waals surface area contributed by atoms with Crippen molar-refractivity contribution in [2.45, 2.75) is 0 Å². The molecule has 0 unspecified atom stereocenters. The van der Waals surface area contributed by atoms with Gasteiger partial charge in [0.05, 0.1) is 15.5 Å². The van der Waals surface area contributed by atoms with Crippen LogP contribution in [0.15, 0.2) is 35.6 Å². The molecule has 2 aromatic rings. The third-order valence-corrected chi connectivity index (χ3v) is 4.47. The number of hydrogen-bond donors (Lipinski definition) is 1. The van der Waals surface area contributed by atoms with E-state index in [0.29, 0.717) is 4.88 Å². The number of benzene rings is 1. The predicted molar refractivity (Wildman–Crippen MR) is 81.2 cm³/mol. The predicted octanol–water partition coefficient (Wildman–Crippen LogP) is 3.98. The van der Waals surface area contributed by atoms with Gasteiger partial charge >= 0.3 is 5.97 Å². The molecule has 2 heterocycles. The molecule has 0 saturated carbocycles. The van der Waals surface area contributed by atoms with E-state index in [1.807, 2.05) is 0 Å². The number of carboxylic acid groups (broad SMARTS) is 1. The van der Waals surface area contributed by atoms with E-state index in [9.17, 15) is 9.59 Å². The van der Waals surface area contributed by atoms with Crippen LogP contribution in [0.1, 0.15) is 15.2 Å². The Morgan fingerprint density at radius 3 is 2.64 bits per heavy atom. The average Bonchev–Trinajstić information content (AvgIpc) is 3.04. The van der Waals surface area contributed by atoms with E-state index in [-0.39, 0.29) is 32.9 Å². The molecule has 112 valence electrons. The first-order valence-electron chi connectivity index (χ1n) is 5.87. The second-order valence-corrected chi connectivity index (χ2v) is 5.92. The van der Waals surface area contributed by atoms with Gasteiger partial charge in [0.25, 0.3) is 0 Å². The molecular formula is C14H6Cl2O5S. The minimum Gasteiger partial charge on any atom is -0.475 e. The standard InChI is InChI=1S/C14H6Cl2O5S/c15-7-4-6(11(17)9-2-1-3-22-9)12-13(10(7)16)21-8(5-20-12)14(18)19/h1-5H,(H,18,19). The zero-order valence-corrected chi connectivity index (χ0v) is 13.0. The zero-order valence-electron chi connectivity index (χ0n) is 10.6. The fourth-order valence-corrected chi connectivity index (χ4v) is 2.90. The van der Waals surface area contributed by atoms with E-state index in [1.54, 1.807) is 17.5 Å². The maximum absolute atomic E-state index is 12.5. The molecule has 8 heteroatoms. The molecule has 0 spiro atoms. The van der Waals surface area contributed by atoms with E-state index in [4.69, 9.17) is 37.8 Å². The van der Waals surface area contributed by atoms with Gasteiger partial charge in [0.1, 0.15) is 11.3 Å². The van der Waals surface area contributed by atoms with E-state index in [1.165, 1.54) is 17.4 Å². The van der Waals surface area contributed by atoms with Crippen molar-refractivity contribution in [1.82, 2.24) is 0 Å². The summed E-state index contributed by atoms with van der Waals surface area (Å²) in [6.45, 7) is 0. The molecule has 5 nitrogen and oxygen atoms in total. The Morgan fingerprint density at radius 2 is 2.00 bits per heavy atom. The van der Waals surface area contributed by atoms with E-state index < -0.39 is 11.7 Å². The van der Waals surface area contributed by atoms with Gasteiger partial charge in [-0.3, -0.25) is 4.79 Å². The summed E-state index contributed by atoms with van der Waals surface area (Å²) in [5.74, 6) is -2.15. The second-order valence-electron chi connectivity index (χ2n) is 4.19. The number of carboxylic acids is 1. The summed E-state index contributed by atoms with van der Waals surface area (Å²) < 4.78 is 10.4. The number of carbonyl (C=O) groups excluding carboxylic acids is 1. The molecule has 1 aromatic carbocycles. The van der Waals surface area contributed by atoms with Crippen molar-refractivity contribution < 1.29 is 24.2 Å². The van der Waals surface area contributed by atoms with Crippen molar-refractivity contribution in [2.75, 3.05) is 0 Å². The summed E-state index contributed by atoms with van der Waals surface area (Å²) in [5.41, 5.74) is 0.146. The summed E-state index contributed by atoms with van der Waals surface area (Å²) in [6.07, 6.45) is 0.903. The van der Waals surface area contributed by atoms with E-state index in [2.05, 4.69) is 0 Å². The largest absolute Gasteiger partial charge is 0.475 e. The van der Waals surface area contributed by atoms with E-state index >= 15 is 0 Å². The third kappa shape index (κ3) is 2.45. The highest BCUT2D eigenvalue weighted by atomic mass is 35.5. The highest BCUT2D eigenvalue weighted by molar-refractivity contribution is 7.12. The van der Waals surface area contributed by atoms with Gasteiger partial charge in [-0.15, -0.1) is 11.3 Å². The van der Waals surface area contributed by atoms with Crippen molar-refractivity contribution in [3.8, 4) is 11.5 Å². The fourth-order valence-electron chi connectivity index (χ4n) is 1.84. The highest BCUT2D eigenvalue weighted by Gasteiger charge is 2.29. The maximum Gasteiger partial charge on any atom is 0.375 e. The molecule has 1 aromatic heterocycles. The van der Waals surface area contributed by atoms with Crippen LogP contribution < -0.4 is 9.47 Å². The van der Waals surface area contributed by atoms with Crippen LogP contribution >= 0.6 is 34.5 Å². The quantitative estimate of drug-likeness (QED) is 0.841. The zero-order chi connectivity index (χ0) is 15.9. The fraction of sp³-hybridized carbons (Fsp3) is 0. The van der Waals surface area contributed by atoms with Crippen LogP contribution in [0.2, 0.25) is 10.0 Å². The Hall–Kier alpha value is -2.02. The Morgan fingerprint density at radius 1 is 1.23 bits per heavy atom. The monoisotopic (exact) mass is 356 g/mol. The number of carbonyl (C=O) groups is 2. The number of ketones is 1. The van der Waals surface area contributed by atoms with Crippen LogP contribution in [0.3, 0.4) is 0 Å². The first-order chi connectivity index (χ1) is 10.5. The molecule has 3 rings (SSSR count). The lowest BCUT2D eigenvalue weighted by molar-refractivity contribution is -0.135. The number of rotatable bonds is 3. The van der Waals surface area contributed by atoms with Crippen LogP contribution in [-0.4, -0.2) is 16.9 Å². The number of thiophene rings is 1. The molecule has 1 N–H and O–H groups in total. The molecule has 0 bridgehead atoms. The summed E-state index contributed by atoms with van der Waals surface area (Å²) >= 11 is 13.3. The minimum atomic E-state index is -1.33. The highest BCUT2D eigenvalue weighted by Crippen LogP contribution is 2.46. The Balaban J connectivity index is 2.13. The SMILES string of the molecule is O=C(O)C1=COc2c(C(=O)c3cccs3)cc(Cl)c(Cl)c2O1. The number of aliphatic carboxylic acids is 1. The molecule has 0 atom stereocenters. The summed E-state index contributed by atoms with van der Waals surface area (Å²) in [4.78, 5) is 23.9. The summed E-state index contributed by atoms with van der Waals surface area (Å²) in [5, 5.41) is 10.7. The molecule has 1 aliphatic rings. The molecule has 0 saturated heterocycles. The summed E-state index contributed by atoms with van der Waals surface area (Å²) in [7, 11) is 0. The van der Waals surface area contributed by atoms with Crippen molar-refractivity contribution in [2.24, 2.45) is 0 Å². The Kier molecular flexibility index (Phi) is 3.82. The van der Waals surface area contributed by atoms with Crippen molar-refractivity contribution >= 4 is 46.3 Å². The van der Waals surface area contributed by atoms with Gasteiger partial charge in [-0.25, -0.2) is 4.79 Å². The Labute approximate surface area is 138 Å². The molecular weight excluding hydrogens is 351 g/mol. The van der Waals surface area contributed by atoms with Crippen LogP contribution in [0, 0.1) is 0 Å². The van der Waals surface area contributed by atoms with Gasteiger partial charge in [0.2, 0.25) is 11.5 Å². The van der Waals surface area contributed by atoms with Crippen LogP contribution in [0.25, 0.3) is 0 Å². The van der Waals surface area contributed by atoms with Gasteiger partial charge in [-0.05, 0) is 17.5 Å². The van der Waals surface area contributed by atoms with Gasteiger partial charge in [0.15, 0.2) is 11.5 Å². The maximum atomic E-state index is 12.5. The first kappa shape index (κ1) is 14.9. The van der Waals surface area contributed by atoms with Crippen LogP contribution in [0.5, 0.6) is 11.5 Å². The summed E-state index contributed by atoms with van der Waals surface area (Å²) in [6, 6.07) is 4.76. The molecule has 0 radical (unpaired) electrons. The average molecular weight is 357 g/mol. The van der Waals surface area contributed by atoms with Crippen LogP contribution in [-0.2, 0) is 4.79 Å². The number of fused-ring (bicyclic) bond motifs is 1. The van der Waals surface area contributed by atoms with Crippen LogP contribution in [0.4, 0.5) is 0 Å².